The average Bonchev–Trinajstić information content (AvgIpc) is 3.27. The lowest BCUT2D eigenvalue weighted by Gasteiger charge is -2.13. The molecule has 8 nitrogen and oxygen atoms in total. The Kier molecular flexibility index (Phi) is 4.21. The Bertz CT molecular complexity index is 968. The molecule has 1 aromatic carbocycles. The van der Waals surface area contributed by atoms with E-state index in [4.69, 9.17) is 0 Å². The Morgan fingerprint density at radius 1 is 1.18 bits per heavy atom. The predicted octanol–water partition coefficient (Wildman–Crippen LogP) is 2.79. The van der Waals surface area contributed by atoms with Crippen LogP contribution >= 0.6 is 0 Å². The Morgan fingerprint density at radius 2 is 1.89 bits per heavy atom. The summed E-state index contributed by atoms with van der Waals surface area (Å²) < 4.78 is 0. The number of carbonyl (C=O) groups excluding carboxylic acids is 3. The summed E-state index contributed by atoms with van der Waals surface area (Å²) in [5.74, 6) is -0.522. The maximum Gasteiger partial charge on any atom is 0.319 e. The number of nitrogens with zero attached hydrogens (tertiary/aromatic N) is 2. The van der Waals surface area contributed by atoms with E-state index in [1.165, 1.54) is 4.90 Å². The van der Waals surface area contributed by atoms with Crippen molar-refractivity contribution in [1.29, 1.82) is 0 Å². The molecule has 0 saturated heterocycles. The van der Waals surface area contributed by atoms with Crippen molar-refractivity contribution < 1.29 is 14.4 Å². The molecule has 4 amide bonds. The molecule has 1 fully saturated rings. The number of imide groups is 1. The van der Waals surface area contributed by atoms with Crippen LogP contribution in [0.4, 0.5) is 10.5 Å². The van der Waals surface area contributed by atoms with Crippen LogP contribution in [0.1, 0.15) is 65.7 Å². The number of carbonyl (C=O) groups is 3. The second kappa shape index (κ2) is 6.47. The lowest BCUT2D eigenvalue weighted by molar-refractivity contribution is 0.0642. The molecule has 2 aliphatic rings. The number of fused-ring (bicyclic) bond motifs is 1. The summed E-state index contributed by atoms with van der Waals surface area (Å²) in [7, 11) is 0. The highest BCUT2D eigenvalue weighted by atomic mass is 16.2. The van der Waals surface area contributed by atoms with Crippen LogP contribution in [0.25, 0.3) is 0 Å². The van der Waals surface area contributed by atoms with Crippen molar-refractivity contribution in [3.63, 3.8) is 0 Å². The lowest BCUT2D eigenvalue weighted by atomic mass is 9.92. The summed E-state index contributed by atoms with van der Waals surface area (Å²) in [6.07, 6.45) is 1.73. The van der Waals surface area contributed by atoms with E-state index >= 15 is 0 Å². The van der Waals surface area contributed by atoms with Gasteiger partial charge in [-0.2, -0.15) is 5.10 Å². The monoisotopic (exact) mass is 381 g/mol. The highest BCUT2D eigenvalue weighted by Crippen LogP contribution is 2.35. The number of hydrogen-bond donors (Lipinski definition) is 3. The Morgan fingerprint density at radius 3 is 2.54 bits per heavy atom. The summed E-state index contributed by atoms with van der Waals surface area (Å²) in [6.45, 7) is 6.50. The van der Waals surface area contributed by atoms with E-state index < -0.39 is 6.03 Å². The fourth-order valence-electron chi connectivity index (χ4n) is 3.19. The fraction of sp³-hybridized carbons (Fsp3) is 0.400. The van der Waals surface area contributed by atoms with E-state index in [1.54, 1.807) is 18.2 Å². The van der Waals surface area contributed by atoms with Crippen molar-refractivity contribution in [3.8, 4) is 0 Å². The van der Waals surface area contributed by atoms with Crippen molar-refractivity contribution in [1.82, 2.24) is 20.4 Å². The number of nitrogens with one attached hydrogen (secondary N) is 3. The molecule has 1 aromatic heterocycles. The van der Waals surface area contributed by atoms with E-state index in [0.29, 0.717) is 23.4 Å². The minimum absolute atomic E-state index is 0.0273. The van der Waals surface area contributed by atoms with Gasteiger partial charge < -0.3 is 10.6 Å². The molecular weight excluding hydrogens is 358 g/mol. The maximum absolute atomic E-state index is 12.5. The van der Waals surface area contributed by atoms with Gasteiger partial charge in [-0.3, -0.25) is 19.6 Å². The topological polar surface area (TPSA) is 107 Å². The zero-order valence-corrected chi connectivity index (χ0v) is 16.1. The van der Waals surface area contributed by atoms with Gasteiger partial charge in [0.05, 0.1) is 29.1 Å². The number of hydrogen-bond acceptors (Lipinski definition) is 4. The molecule has 2 heterocycles. The number of urea groups is 1. The normalized spacial score (nSPS) is 16.3. The molecule has 0 unspecified atom stereocenters. The zero-order chi connectivity index (χ0) is 20.1. The second-order valence-electron chi connectivity index (χ2n) is 8.31. The molecule has 2 aromatic rings. The maximum atomic E-state index is 12.5. The first-order valence-corrected chi connectivity index (χ1v) is 9.35. The summed E-state index contributed by atoms with van der Waals surface area (Å²) in [5.41, 5.74) is 2.87. The lowest BCUT2D eigenvalue weighted by Crippen LogP contribution is -2.31. The van der Waals surface area contributed by atoms with E-state index in [9.17, 15) is 14.4 Å². The Balaban J connectivity index is 1.39. The van der Waals surface area contributed by atoms with Crippen LogP contribution in [0.2, 0.25) is 0 Å². The van der Waals surface area contributed by atoms with Crippen molar-refractivity contribution in [2.45, 2.75) is 51.6 Å². The van der Waals surface area contributed by atoms with E-state index in [1.807, 2.05) is 6.07 Å². The standard InChI is InChI=1S/C20H23N5O3/c1-20(2,3)16-9-12(23-24-16)10-21-19(28)22-11-4-7-14-15(8-11)18(27)25(17(14)26)13-5-6-13/h4,7-9,13H,5-6,10H2,1-3H3,(H,23,24)(H2,21,22,28). The minimum atomic E-state index is -0.400. The third-order valence-electron chi connectivity index (χ3n) is 4.93. The molecule has 4 rings (SSSR count). The first-order valence-electron chi connectivity index (χ1n) is 9.35. The van der Waals surface area contributed by atoms with Crippen molar-refractivity contribution >= 4 is 23.5 Å². The average molecular weight is 381 g/mol. The van der Waals surface area contributed by atoms with Crippen LogP contribution in [0, 0.1) is 0 Å². The van der Waals surface area contributed by atoms with Gasteiger partial charge in [0.15, 0.2) is 0 Å². The summed E-state index contributed by atoms with van der Waals surface area (Å²) in [6, 6.07) is 6.34. The van der Waals surface area contributed by atoms with Crippen LogP contribution < -0.4 is 10.6 Å². The van der Waals surface area contributed by atoms with Gasteiger partial charge in [-0.1, -0.05) is 20.8 Å². The van der Waals surface area contributed by atoms with Crippen LogP contribution in [0.3, 0.4) is 0 Å². The van der Waals surface area contributed by atoms with Crippen molar-refractivity contribution in [3.05, 3.63) is 46.8 Å². The van der Waals surface area contributed by atoms with E-state index in [0.717, 1.165) is 24.2 Å². The van der Waals surface area contributed by atoms with Crippen LogP contribution in [0.15, 0.2) is 24.3 Å². The number of H-pyrrole nitrogens is 1. The summed E-state index contributed by atoms with van der Waals surface area (Å²) in [5, 5.41) is 12.6. The van der Waals surface area contributed by atoms with Crippen molar-refractivity contribution in [2.75, 3.05) is 5.32 Å². The van der Waals surface area contributed by atoms with Gasteiger partial charge >= 0.3 is 6.03 Å². The molecular formula is C20H23N5O3. The highest BCUT2D eigenvalue weighted by Gasteiger charge is 2.44. The van der Waals surface area contributed by atoms with E-state index in [-0.39, 0.29) is 23.3 Å². The van der Waals surface area contributed by atoms with Crippen LogP contribution in [-0.2, 0) is 12.0 Å². The molecule has 0 atom stereocenters. The number of anilines is 1. The first kappa shape index (κ1) is 18.2. The number of rotatable bonds is 4. The first-order chi connectivity index (χ1) is 13.2. The van der Waals surface area contributed by atoms with Gasteiger partial charge in [0.1, 0.15) is 0 Å². The van der Waals surface area contributed by atoms with Crippen molar-refractivity contribution in [2.24, 2.45) is 0 Å². The molecule has 1 saturated carbocycles. The molecule has 1 aliphatic heterocycles. The van der Waals surface area contributed by atoms with Crippen LogP contribution in [0.5, 0.6) is 0 Å². The molecule has 1 aliphatic carbocycles. The quantitative estimate of drug-likeness (QED) is 0.708. The number of amides is 4. The Labute approximate surface area is 162 Å². The Hall–Kier alpha value is -3.16. The third kappa shape index (κ3) is 3.37. The van der Waals surface area contributed by atoms with E-state index in [2.05, 4.69) is 41.6 Å². The third-order valence-corrected chi connectivity index (χ3v) is 4.93. The van der Waals surface area contributed by atoms with Gasteiger partial charge in [-0.05, 0) is 37.1 Å². The minimum Gasteiger partial charge on any atom is -0.332 e. The smallest absolute Gasteiger partial charge is 0.319 e. The number of benzene rings is 1. The molecule has 3 N–H and O–H groups in total. The largest absolute Gasteiger partial charge is 0.332 e. The van der Waals surface area contributed by atoms with Gasteiger partial charge in [-0.15, -0.1) is 0 Å². The number of aromatic amines is 1. The SMILES string of the molecule is CC(C)(C)c1cc(CNC(=O)Nc2ccc3c(c2)C(=O)N(C2CC2)C3=O)[nH]n1. The molecule has 0 bridgehead atoms. The molecule has 0 spiro atoms. The molecule has 28 heavy (non-hydrogen) atoms. The molecule has 0 radical (unpaired) electrons. The van der Waals surface area contributed by atoms with Gasteiger partial charge in [0.2, 0.25) is 0 Å². The summed E-state index contributed by atoms with van der Waals surface area (Å²) >= 11 is 0. The molecule has 8 heteroatoms. The van der Waals surface area contributed by atoms with Crippen LogP contribution in [-0.4, -0.2) is 39.0 Å². The highest BCUT2D eigenvalue weighted by molar-refractivity contribution is 6.22. The van der Waals surface area contributed by atoms with Gasteiger partial charge in [-0.25, -0.2) is 4.79 Å². The fourth-order valence-corrected chi connectivity index (χ4v) is 3.19. The zero-order valence-electron chi connectivity index (χ0n) is 16.1. The second-order valence-corrected chi connectivity index (χ2v) is 8.31. The van der Waals surface area contributed by atoms with Gasteiger partial charge in [0, 0.05) is 17.1 Å². The number of aromatic nitrogens is 2. The van der Waals surface area contributed by atoms with Gasteiger partial charge in [0.25, 0.3) is 11.8 Å². The summed E-state index contributed by atoms with van der Waals surface area (Å²) in [4.78, 5) is 38.4. The predicted molar refractivity (Wildman–Crippen MR) is 103 cm³/mol. The molecule has 146 valence electrons.